The Hall–Kier alpha value is -1.92. The molecule has 0 unspecified atom stereocenters. The third-order valence-electron chi connectivity index (χ3n) is 3.09. The maximum absolute atomic E-state index is 12.2. The second-order valence-electron chi connectivity index (χ2n) is 4.85. The number of rotatable bonds is 6. The molecule has 7 heteroatoms. The molecule has 0 bridgehead atoms. The number of ether oxygens (including phenoxy) is 2. The van der Waals surface area contributed by atoms with Gasteiger partial charge in [-0.15, -0.1) is 13.2 Å². The number of hydrogen-bond donors (Lipinski definition) is 1. The molecule has 1 aromatic rings. The van der Waals surface area contributed by atoms with Crippen LogP contribution < -0.4 is 9.47 Å². The standard InChI is InChI=1S/C13H13F3O4/c14-13(15,16)20-10-4-2-1-3-9(10)19-8-12(5-6-12)7-11(17)18/h1-4H,5-8H2,(H,17,18). The van der Waals surface area contributed by atoms with E-state index in [0.29, 0.717) is 12.8 Å². The molecular formula is C13H13F3O4. The minimum atomic E-state index is -4.79. The van der Waals surface area contributed by atoms with Gasteiger partial charge in [-0.2, -0.15) is 0 Å². The normalized spacial score (nSPS) is 16.6. The first kappa shape index (κ1) is 14.5. The van der Waals surface area contributed by atoms with Crippen molar-refractivity contribution in [3.8, 4) is 11.5 Å². The van der Waals surface area contributed by atoms with Crippen molar-refractivity contribution in [1.82, 2.24) is 0 Å². The molecule has 1 N–H and O–H groups in total. The number of benzene rings is 1. The van der Waals surface area contributed by atoms with Crippen molar-refractivity contribution in [3.63, 3.8) is 0 Å². The Kier molecular flexibility index (Phi) is 3.78. The average molecular weight is 290 g/mol. The van der Waals surface area contributed by atoms with Gasteiger partial charge in [-0.1, -0.05) is 12.1 Å². The molecule has 0 spiro atoms. The summed E-state index contributed by atoms with van der Waals surface area (Å²) >= 11 is 0. The smallest absolute Gasteiger partial charge is 0.489 e. The number of alkyl halides is 3. The molecule has 0 aliphatic heterocycles. The van der Waals surface area contributed by atoms with Gasteiger partial charge in [-0.25, -0.2) is 0 Å². The highest BCUT2D eigenvalue weighted by molar-refractivity contribution is 5.68. The summed E-state index contributed by atoms with van der Waals surface area (Å²) in [4.78, 5) is 10.7. The minimum Gasteiger partial charge on any atom is -0.489 e. The molecule has 0 aromatic heterocycles. The molecule has 0 radical (unpaired) electrons. The summed E-state index contributed by atoms with van der Waals surface area (Å²) in [5, 5.41) is 8.76. The first-order valence-electron chi connectivity index (χ1n) is 5.99. The van der Waals surface area contributed by atoms with E-state index in [-0.39, 0.29) is 18.8 Å². The first-order chi connectivity index (χ1) is 9.30. The predicted octanol–water partition coefficient (Wildman–Crippen LogP) is 3.22. The van der Waals surface area contributed by atoms with Gasteiger partial charge in [0.2, 0.25) is 0 Å². The zero-order chi connectivity index (χ0) is 14.8. The van der Waals surface area contributed by atoms with Crippen molar-refractivity contribution in [1.29, 1.82) is 0 Å². The molecule has 4 nitrogen and oxygen atoms in total. The lowest BCUT2D eigenvalue weighted by Crippen LogP contribution is -2.20. The van der Waals surface area contributed by atoms with Gasteiger partial charge in [0.05, 0.1) is 13.0 Å². The van der Waals surface area contributed by atoms with Crippen LogP contribution in [0.25, 0.3) is 0 Å². The van der Waals surface area contributed by atoms with Crippen LogP contribution in [0.1, 0.15) is 19.3 Å². The number of carboxylic acids is 1. The maximum atomic E-state index is 12.2. The van der Waals surface area contributed by atoms with Crippen molar-refractivity contribution in [2.75, 3.05) is 6.61 Å². The van der Waals surface area contributed by atoms with Crippen LogP contribution in [-0.4, -0.2) is 24.0 Å². The summed E-state index contributed by atoms with van der Waals surface area (Å²) < 4.78 is 45.9. The van der Waals surface area contributed by atoms with Crippen LogP contribution in [-0.2, 0) is 4.79 Å². The second-order valence-corrected chi connectivity index (χ2v) is 4.85. The lowest BCUT2D eigenvalue weighted by Gasteiger charge is -2.17. The fraction of sp³-hybridized carbons (Fsp3) is 0.462. The summed E-state index contributed by atoms with van der Waals surface area (Å²) in [6.07, 6.45) is -3.45. The maximum Gasteiger partial charge on any atom is 0.573 e. The number of carboxylic acid groups (broad SMARTS) is 1. The van der Waals surface area contributed by atoms with E-state index in [0.717, 1.165) is 6.07 Å². The third kappa shape index (κ3) is 4.04. The molecule has 1 fully saturated rings. The van der Waals surface area contributed by atoms with Crippen LogP contribution in [0.5, 0.6) is 11.5 Å². The number of para-hydroxylation sites is 2. The summed E-state index contributed by atoms with van der Waals surface area (Å²) in [6, 6.07) is 5.44. The highest BCUT2D eigenvalue weighted by atomic mass is 19.4. The van der Waals surface area contributed by atoms with Gasteiger partial charge in [-0.3, -0.25) is 4.79 Å². The van der Waals surface area contributed by atoms with Crippen molar-refractivity contribution < 1.29 is 32.5 Å². The monoisotopic (exact) mass is 290 g/mol. The number of halogens is 3. The van der Waals surface area contributed by atoms with Gasteiger partial charge in [0.25, 0.3) is 0 Å². The van der Waals surface area contributed by atoms with Gasteiger partial charge < -0.3 is 14.6 Å². The molecule has 20 heavy (non-hydrogen) atoms. The Morgan fingerprint density at radius 1 is 1.25 bits per heavy atom. The van der Waals surface area contributed by atoms with E-state index in [1.807, 2.05) is 0 Å². The van der Waals surface area contributed by atoms with Crippen LogP contribution in [0.2, 0.25) is 0 Å². The number of hydrogen-bond acceptors (Lipinski definition) is 3. The van der Waals surface area contributed by atoms with Crippen LogP contribution in [0.15, 0.2) is 24.3 Å². The Bertz CT molecular complexity index is 495. The van der Waals surface area contributed by atoms with Crippen LogP contribution >= 0.6 is 0 Å². The quantitative estimate of drug-likeness (QED) is 0.874. The highest BCUT2D eigenvalue weighted by Gasteiger charge is 2.45. The highest BCUT2D eigenvalue weighted by Crippen LogP contribution is 2.49. The molecule has 1 aromatic carbocycles. The van der Waals surface area contributed by atoms with E-state index in [9.17, 15) is 18.0 Å². The van der Waals surface area contributed by atoms with Crippen LogP contribution in [0.3, 0.4) is 0 Å². The largest absolute Gasteiger partial charge is 0.573 e. The van der Waals surface area contributed by atoms with Crippen molar-refractivity contribution in [2.24, 2.45) is 5.41 Å². The molecular weight excluding hydrogens is 277 g/mol. The van der Waals surface area contributed by atoms with Crippen molar-refractivity contribution >= 4 is 5.97 Å². The van der Waals surface area contributed by atoms with E-state index in [4.69, 9.17) is 9.84 Å². The van der Waals surface area contributed by atoms with Gasteiger partial charge in [-0.05, 0) is 25.0 Å². The Balaban J connectivity index is 2.01. The fourth-order valence-electron chi connectivity index (χ4n) is 1.88. The Morgan fingerprint density at radius 2 is 1.85 bits per heavy atom. The van der Waals surface area contributed by atoms with Gasteiger partial charge in [0.1, 0.15) is 0 Å². The molecule has 2 rings (SSSR count). The predicted molar refractivity (Wildman–Crippen MR) is 62.5 cm³/mol. The molecule has 0 amide bonds. The molecule has 0 saturated heterocycles. The van der Waals surface area contributed by atoms with E-state index in [1.165, 1.54) is 18.2 Å². The Morgan fingerprint density at radius 3 is 2.35 bits per heavy atom. The molecule has 0 heterocycles. The van der Waals surface area contributed by atoms with E-state index < -0.39 is 23.5 Å². The molecule has 0 atom stereocenters. The summed E-state index contributed by atoms with van der Waals surface area (Å²) in [7, 11) is 0. The summed E-state index contributed by atoms with van der Waals surface area (Å²) in [5.74, 6) is -1.40. The van der Waals surface area contributed by atoms with E-state index >= 15 is 0 Å². The summed E-state index contributed by atoms with van der Waals surface area (Å²) in [6.45, 7) is 0.0670. The molecule has 1 aliphatic rings. The number of aliphatic carboxylic acids is 1. The number of carbonyl (C=O) groups is 1. The van der Waals surface area contributed by atoms with E-state index in [1.54, 1.807) is 0 Å². The first-order valence-corrected chi connectivity index (χ1v) is 5.99. The topological polar surface area (TPSA) is 55.8 Å². The van der Waals surface area contributed by atoms with Crippen LogP contribution in [0.4, 0.5) is 13.2 Å². The average Bonchev–Trinajstić information content (AvgIpc) is 3.05. The Labute approximate surface area is 113 Å². The minimum absolute atomic E-state index is 0.0403. The summed E-state index contributed by atoms with van der Waals surface area (Å²) in [5.41, 5.74) is -0.461. The van der Waals surface area contributed by atoms with E-state index in [2.05, 4.69) is 4.74 Å². The SMILES string of the molecule is O=C(O)CC1(COc2ccccc2OC(F)(F)F)CC1. The van der Waals surface area contributed by atoms with Gasteiger partial charge >= 0.3 is 12.3 Å². The van der Waals surface area contributed by atoms with Crippen molar-refractivity contribution in [3.05, 3.63) is 24.3 Å². The molecule has 1 saturated carbocycles. The molecule has 110 valence electrons. The zero-order valence-corrected chi connectivity index (χ0v) is 10.4. The lowest BCUT2D eigenvalue weighted by atomic mass is 10.0. The fourth-order valence-corrected chi connectivity index (χ4v) is 1.88. The van der Waals surface area contributed by atoms with Crippen molar-refractivity contribution in [2.45, 2.75) is 25.6 Å². The third-order valence-corrected chi connectivity index (χ3v) is 3.09. The molecule has 1 aliphatic carbocycles. The second kappa shape index (κ2) is 5.22. The van der Waals surface area contributed by atoms with Crippen LogP contribution in [0, 0.1) is 5.41 Å². The zero-order valence-electron chi connectivity index (χ0n) is 10.4. The van der Waals surface area contributed by atoms with Gasteiger partial charge in [0, 0.05) is 5.41 Å². The lowest BCUT2D eigenvalue weighted by molar-refractivity contribution is -0.275. The van der Waals surface area contributed by atoms with Gasteiger partial charge in [0.15, 0.2) is 11.5 Å².